The second kappa shape index (κ2) is 10.2. The molecule has 9 heteroatoms. The van der Waals surface area contributed by atoms with E-state index in [1.165, 1.54) is 18.2 Å². The Morgan fingerprint density at radius 2 is 1.81 bits per heavy atom. The SMILES string of the molecule is COc1ccc(C2C(=C(O)c3cnn(-c4ccccc4)c3C)C(=O)C(=O)N2CCN(C)C)c(OC)c1. The van der Waals surface area contributed by atoms with Gasteiger partial charge in [-0.1, -0.05) is 18.2 Å². The van der Waals surface area contributed by atoms with Crippen LogP contribution < -0.4 is 9.47 Å². The molecule has 4 rings (SSSR count). The Labute approximate surface area is 210 Å². The van der Waals surface area contributed by atoms with Gasteiger partial charge in [-0.05, 0) is 45.3 Å². The van der Waals surface area contributed by atoms with Crippen molar-refractivity contribution in [2.24, 2.45) is 0 Å². The molecule has 2 heterocycles. The summed E-state index contributed by atoms with van der Waals surface area (Å²) in [6.45, 7) is 2.63. The predicted molar refractivity (Wildman–Crippen MR) is 135 cm³/mol. The monoisotopic (exact) mass is 490 g/mol. The first kappa shape index (κ1) is 25.0. The topological polar surface area (TPSA) is 97.1 Å². The average Bonchev–Trinajstić information content (AvgIpc) is 3.39. The van der Waals surface area contributed by atoms with E-state index in [1.54, 1.807) is 36.9 Å². The Morgan fingerprint density at radius 1 is 1.08 bits per heavy atom. The smallest absolute Gasteiger partial charge is 0.295 e. The highest BCUT2D eigenvalue weighted by atomic mass is 16.5. The van der Waals surface area contributed by atoms with E-state index in [4.69, 9.17) is 9.47 Å². The van der Waals surface area contributed by atoms with E-state index in [-0.39, 0.29) is 17.9 Å². The first-order chi connectivity index (χ1) is 17.3. The minimum atomic E-state index is -0.842. The standard InChI is InChI=1S/C27H30N4O5/c1-17-21(16-28-31(17)18-9-7-6-8-10-18)25(32)23-24(20-12-11-19(35-4)15-22(20)36-5)30(14-13-29(2)3)27(34)26(23)33/h6-12,15-16,24,32H,13-14H2,1-5H3. The summed E-state index contributed by atoms with van der Waals surface area (Å²) in [4.78, 5) is 30.0. The summed E-state index contributed by atoms with van der Waals surface area (Å²) in [7, 11) is 6.84. The predicted octanol–water partition coefficient (Wildman–Crippen LogP) is 3.18. The number of benzene rings is 2. The number of amides is 1. The molecule has 9 nitrogen and oxygen atoms in total. The van der Waals surface area contributed by atoms with Gasteiger partial charge in [0.25, 0.3) is 11.7 Å². The molecule has 0 bridgehead atoms. The number of Topliss-reactive ketones (excluding diaryl/α,β-unsaturated/α-hetero) is 1. The molecule has 3 aromatic rings. The average molecular weight is 491 g/mol. The van der Waals surface area contributed by atoms with Crippen molar-refractivity contribution in [3.05, 3.63) is 77.1 Å². The number of aliphatic hydroxyl groups is 1. The lowest BCUT2D eigenvalue weighted by atomic mass is 9.94. The van der Waals surface area contributed by atoms with Gasteiger partial charge >= 0.3 is 0 Å². The molecule has 36 heavy (non-hydrogen) atoms. The van der Waals surface area contributed by atoms with Crippen LogP contribution in [0.1, 0.15) is 22.9 Å². The van der Waals surface area contributed by atoms with E-state index in [9.17, 15) is 14.7 Å². The van der Waals surface area contributed by atoms with Gasteiger partial charge in [0.05, 0.1) is 49.0 Å². The van der Waals surface area contributed by atoms with Gasteiger partial charge in [0, 0.05) is 24.7 Å². The summed E-state index contributed by atoms with van der Waals surface area (Å²) in [6, 6.07) is 13.8. The lowest BCUT2D eigenvalue weighted by Crippen LogP contribution is -2.35. The normalized spacial score (nSPS) is 17.2. The number of rotatable bonds is 8. The molecule has 0 spiro atoms. The lowest BCUT2D eigenvalue weighted by Gasteiger charge is -2.27. The van der Waals surface area contributed by atoms with Crippen molar-refractivity contribution < 1.29 is 24.2 Å². The Balaban J connectivity index is 1.89. The fourth-order valence-corrected chi connectivity index (χ4v) is 4.40. The Kier molecular flexibility index (Phi) is 7.12. The van der Waals surface area contributed by atoms with Crippen molar-refractivity contribution >= 4 is 17.4 Å². The number of likely N-dealkylation sites (N-methyl/N-ethyl adjacent to an activating group) is 1. The minimum absolute atomic E-state index is 0.00191. The number of ether oxygens (including phenoxy) is 2. The van der Waals surface area contributed by atoms with Crippen molar-refractivity contribution in [3.63, 3.8) is 0 Å². The number of carbonyl (C=O) groups excluding carboxylic acids is 2. The quantitative estimate of drug-likeness (QED) is 0.294. The summed E-state index contributed by atoms with van der Waals surface area (Å²) < 4.78 is 12.6. The highest BCUT2D eigenvalue weighted by Gasteiger charge is 2.47. The third-order valence-electron chi connectivity index (χ3n) is 6.33. The van der Waals surface area contributed by atoms with Gasteiger partial charge in [-0.25, -0.2) is 4.68 Å². The molecule has 1 aliphatic rings. The van der Waals surface area contributed by atoms with E-state index in [1.807, 2.05) is 49.3 Å². The van der Waals surface area contributed by atoms with Crippen LogP contribution in [0.2, 0.25) is 0 Å². The molecule has 0 radical (unpaired) electrons. The van der Waals surface area contributed by atoms with Gasteiger partial charge < -0.3 is 24.4 Å². The van der Waals surface area contributed by atoms with Crippen molar-refractivity contribution in [2.75, 3.05) is 41.4 Å². The lowest BCUT2D eigenvalue weighted by molar-refractivity contribution is -0.140. The van der Waals surface area contributed by atoms with E-state index in [0.29, 0.717) is 34.9 Å². The summed E-state index contributed by atoms with van der Waals surface area (Å²) in [6.07, 6.45) is 1.51. The molecule has 1 aliphatic heterocycles. The molecule has 1 fully saturated rings. The highest BCUT2D eigenvalue weighted by Crippen LogP contribution is 2.43. The number of hydrogen-bond acceptors (Lipinski definition) is 7. The van der Waals surface area contributed by atoms with Gasteiger partial charge in [0.2, 0.25) is 0 Å². The van der Waals surface area contributed by atoms with Crippen LogP contribution in [0.4, 0.5) is 0 Å². The summed E-state index contributed by atoms with van der Waals surface area (Å²) in [5.74, 6) is -0.682. The second-order valence-electron chi connectivity index (χ2n) is 8.79. The van der Waals surface area contributed by atoms with Crippen LogP contribution in [-0.4, -0.2) is 77.8 Å². The first-order valence-electron chi connectivity index (χ1n) is 11.5. The second-order valence-corrected chi connectivity index (χ2v) is 8.79. The molecule has 1 N–H and O–H groups in total. The Hall–Kier alpha value is -4.11. The number of ketones is 1. The number of carbonyl (C=O) groups is 2. The number of hydrogen-bond donors (Lipinski definition) is 1. The van der Waals surface area contributed by atoms with Crippen LogP contribution in [0.25, 0.3) is 11.4 Å². The molecular formula is C27H30N4O5. The van der Waals surface area contributed by atoms with E-state index in [2.05, 4.69) is 5.10 Å². The van der Waals surface area contributed by atoms with Crippen molar-refractivity contribution in [1.29, 1.82) is 0 Å². The van der Waals surface area contributed by atoms with Crippen LogP contribution in [0.5, 0.6) is 11.5 Å². The van der Waals surface area contributed by atoms with Gasteiger partial charge in [-0.15, -0.1) is 0 Å². The van der Waals surface area contributed by atoms with E-state index < -0.39 is 17.7 Å². The molecule has 0 aliphatic carbocycles. The largest absolute Gasteiger partial charge is 0.507 e. The zero-order valence-corrected chi connectivity index (χ0v) is 21.1. The third-order valence-corrected chi connectivity index (χ3v) is 6.33. The number of likely N-dealkylation sites (tertiary alicyclic amines) is 1. The number of para-hydroxylation sites is 1. The van der Waals surface area contributed by atoms with Crippen LogP contribution in [-0.2, 0) is 9.59 Å². The molecule has 1 unspecified atom stereocenters. The Bertz CT molecular complexity index is 1310. The molecule has 0 saturated carbocycles. The van der Waals surface area contributed by atoms with Gasteiger partial charge in [0.1, 0.15) is 17.3 Å². The van der Waals surface area contributed by atoms with E-state index >= 15 is 0 Å². The number of methoxy groups -OCH3 is 2. The van der Waals surface area contributed by atoms with Crippen molar-refractivity contribution in [2.45, 2.75) is 13.0 Å². The highest BCUT2D eigenvalue weighted by molar-refractivity contribution is 6.46. The first-order valence-corrected chi connectivity index (χ1v) is 11.5. The molecule has 1 saturated heterocycles. The molecule has 1 amide bonds. The van der Waals surface area contributed by atoms with Gasteiger partial charge in [-0.2, -0.15) is 5.10 Å². The van der Waals surface area contributed by atoms with Crippen LogP contribution in [0, 0.1) is 6.92 Å². The Morgan fingerprint density at radius 3 is 2.44 bits per heavy atom. The fourth-order valence-electron chi connectivity index (χ4n) is 4.40. The van der Waals surface area contributed by atoms with E-state index in [0.717, 1.165) is 5.69 Å². The maximum Gasteiger partial charge on any atom is 0.295 e. The number of aromatic nitrogens is 2. The fraction of sp³-hybridized carbons (Fsp3) is 0.296. The summed E-state index contributed by atoms with van der Waals surface area (Å²) in [5, 5.41) is 15.9. The molecule has 1 atom stereocenters. The molecular weight excluding hydrogens is 460 g/mol. The minimum Gasteiger partial charge on any atom is -0.507 e. The summed E-state index contributed by atoms with van der Waals surface area (Å²) >= 11 is 0. The number of aliphatic hydroxyl groups excluding tert-OH is 1. The number of nitrogens with zero attached hydrogens (tertiary/aromatic N) is 4. The molecule has 188 valence electrons. The van der Waals surface area contributed by atoms with Crippen molar-refractivity contribution in [3.8, 4) is 17.2 Å². The van der Waals surface area contributed by atoms with Crippen LogP contribution in [0.15, 0.2) is 60.3 Å². The molecule has 2 aromatic carbocycles. The van der Waals surface area contributed by atoms with Crippen molar-refractivity contribution in [1.82, 2.24) is 19.6 Å². The maximum absolute atomic E-state index is 13.4. The maximum atomic E-state index is 13.4. The molecule has 1 aromatic heterocycles. The van der Waals surface area contributed by atoms with Crippen LogP contribution in [0.3, 0.4) is 0 Å². The van der Waals surface area contributed by atoms with Gasteiger partial charge in [-0.3, -0.25) is 9.59 Å². The zero-order chi connectivity index (χ0) is 26.0. The van der Waals surface area contributed by atoms with Crippen LogP contribution >= 0.6 is 0 Å². The third kappa shape index (κ3) is 4.45. The zero-order valence-electron chi connectivity index (χ0n) is 21.1. The van der Waals surface area contributed by atoms with Gasteiger partial charge in [0.15, 0.2) is 0 Å². The summed E-state index contributed by atoms with van der Waals surface area (Å²) in [5.41, 5.74) is 2.40.